The highest BCUT2D eigenvalue weighted by molar-refractivity contribution is 6.04. The standard InChI is InChI=1S/C14H13ClN6O/c15-11-2-1-10-13(18-11)21(9-3-6-20(10)8-9)14(22)19-12-7-16-4-5-17-12/h1-2,4-5,7,9,15H,3,6,8H2/p+1/t9-/m0/s1. The number of anilines is 3. The Morgan fingerprint density at radius 2 is 2.27 bits per heavy atom. The fourth-order valence-electron chi connectivity index (χ4n) is 2.99. The molecule has 1 fully saturated rings. The molecule has 2 aromatic heterocycles. The van der Waals surface area contributed by atoms with E-state index in [0.717, 1.165) is 25.2 Å². The monoisotopic (exact) mass is 317 g/mol. The third-order valence-corrected chi connectivity index (χ3v) is 4.17. The zero-order valence-corrected chi connectivity index (χ0v) is 12.5. The lowest BCUT2D eigenvalue weighted by atomic mass is 10.2. The second-order valence-electron chi connectivity index (χ2n) is 5.27. The largest absolute Gasteiger partial charge is 0.366 e. The molecule has 1 saturated heterocycles. The molecule has 0 saturated carbocycles. The minimum absolute atomic E-state index is 0.105. The Hall–Kier alpha value is -2.41. The van der Waals surface area contributed by atoms with Crippen molar-refractivity contribution in [1.29, 1.82) is 0 Å². The number of pyridine rings is 1. The minimum Gasteiger partial charge on any atom is -0.366 e. The lowest BCUT2D eigenvalue weighted by Crippen LogP contribution is -2.48. The Bertz CT molecular complexity index is 725. The zero-order valence-electron chi connectivity index (χ0n) is 11.6. The van der Waals surface area contributed by atoms with Crippen molar-refractivity contribution in [3.8, 4) is 0 Å². The number of nitrogens with zero attached hydrogens (tertiary/aromatic N) is 5. The summed E-state index contributed by atoms with van der Waals surface area (Å²) < 4.78 is 0. The van der Waals surface area contributed by atoms with Crippen LogP contribution in [0.3, 0.4) is 0 Å². The van der Waals surface area contributed by atoms with Crippen LogP contribution in [0.15, 0.2) is 30.7 Å². The number of hydrogen-bond acceptors (Lipinski definition) is 5. The summed E-state index contributed by atoms with van der Waals surface area (Å²) >= 11 is 5.15. The quantitative estimate of drug-likeness (QED) is 0.800. The predicted octanol–water partition coefficient (Wildman–Crippen LogP) is 1.20. The number of carbonyl (C=O) groups excluding carboxylic acids is 1. The first-order chi connectivity index (χ1) is 10.7. The Morgan fingerprint density at radius 3 is 3.09 bits per heavy atom. The van der Waals surface area contributed by atoms with E-state index < -0.39 is 0 Å². The molecule has 0 spiro atoms. The number of hydrogen-bond donors (Lipinski definition) is 1. The summed E-state index contributed by atoms with van der Waals surface area (Å²) in [4.78, 5) is 29.1. The number of nitrogens with one attached hydrogen (secondary N) is 1. The molecule has 112 valence electrons. The van der Waals surface area contributed by atoms with Gasteiger partial charge in [-0.1, -0.05) is 0 Å². The van der Waals surface area contributed by atoms with E-state index in [4.69, 9.17) is 11.6 Å². The predicted molar refractivity (Wildman–Crippen MR) is 78.9 cm³/mol. The molecule has 22 heavy (non-hydrogen) atoms. The van der Waals surface area contributed by atoms with Crippen LogP contribution in [0.5, 0.6) is 0 Å². The first-order valence-corrected chi connectivity index (χ1v) is 7.42. The van der Waals surface area contributed by atoms with Crippen LogP contribution >= 0.6 is 0 Å². The SMILES string of the molecule is O=C(Nc1cnccn1)N1c2nc([ClH+])ccc2N2CC[C@H]1C2. The van der Waals surface area contributed by atoms with Crippen LogP contribution in [0.25, 0.3) is 0 Å². The Balaban J connectivity index is 1.69. The maximum atomic E-state index is 12.7. The molecule has 8 heteroatoms. The number of halogens is 1. The topological polar surface area (TPSA) is 74.2 Å². The van der Waals surface area contributed by atoms with Gasteiger partial charge in [0.15, 0.2) is 23.2 Å². The van der Waals surface area contributed by atoms with Crippen molar-refractivity contribution >= 4 is 23.4 Å². The number of rotatable bonds is 1. The smallest absolute Gasteiger partial charge is 0.329 e. The summed E-state index contributed by atoms with van der Waals surface area (Å²) in [6, 6.07) is 3.59. The molecule has 2 aliphatic rings. The molecule has 2 bridgehead atoms. The van der Waals surface area contributed by atoms with E-state index in [1.54, 1.807) is 17.2 Å². The number of carbonyl (C=O) groups is 1. The van der Waals surface area contributed by atoms with E-state index in [-0.39, 0.29) is 12.1 Å². The highest BCUT2D eigenvalue weighted by Crippen LogP contribution is 2.39. The molecule has 0 radical (unpaired) electrons. The second-order valence-corrected chi connectivity index (χ2v) is 5.69. The molecule has 1 atom stereocenters. The average molecular weight is 318 g/mol. The molecule has 0 aliphatic carbocycles. The zero-order chi connectivity index (χ0) is 15.1. The summed E-state index contributed by atoms with van der Waals surface area (Å²) in [7, 11) is 0. The van der Waals surface area contributed by atoms with Gasteiger partial charge in [0.2, 0.25) is 0 Å². The Labute approximate surface area is 131 Å². The third kappa shape index (κ3) is 2.14. The molecule has 0 unspecified atom stereocenters. The summed E-state index contributed by atoms with van der Waals surface area (Å²) in [5.41, 5.74) is 0.955. The van der Waals surface area contributed by atoms with E-state index in [1.807, 2.05) is 6.07 Å². The maximum absolute atomic E-state index is 12.7. The van der Waals surface area contributed by atoms with Crippen LogP contribution in [0.1, 0.15) is 6.42 Å². The molecule has 4 heterocycles. The van der Waals surface area contributed by atoms with E-state index in [2.05, 4.69) is 25.2 Å². The molecule has 2 aliphatic heterocycles. The van der Waals surface area contributed by atoms with Gasteiger partial charge < -0.3 is 4.90 Å². The van der Waals surface area contributed by atoms with Gasteiger partial charge in [-0.3, -0.25) is 15.2 Å². The van der Waals surface area contributed by atoms with Crippen molar-refractivity contribution in [3.63, 3.8) is 0 Å². The van der Waals surface area contributed by atoms with Crippen LogP contribution in [-0.4, -0.2) is 40.1 Å². The van der Waals surface area contributed by atoms with Crippen LogP contribution < -0.4 is 15.1 Å². The molecule has 4 rings (SSSR count). The van der Waals surface area contributed by atoms with Crippen molar-refractivity contribution in [2.75, 3.05) is 28.2 Å². The van der Waals surface area contributed by atoms with Gasteiger partial charge in [0, 0.05) is 31.5 Å². The highest BCUT2D eigenvalue weighted by Gasteiger charge is 2.40. The van der Waals surface area contributed by atoms with Crippen molar-refractivity contribution in [3.05, 3.63) is 35.9 Å². The lowest BCUT2D eigenvalue weighted by Gasteiger charge is -2.35. The van der Waals surface area contributed by atoms with Gasteiger partial charge in [-0.05, 0) is 12.5 Å². The lowest BCUT2D eigenvalue weighted by molar-refractivity contribution is -0.296. The Kier molecular flexibility index (Phi) is 3.07. The van der Waals surface area contributed by atoms with E-state index in [1.165, 1.54) is 12.4 Å². The molecule has 1 N–H and O–H groups in total. The van der Waals surface area contributed by atoms with Gasteiger partial charge in [-0.15, -0.1) is 0 Å². The molecular weight excluding hydrogens is 304 g/mol. The van der Waals surface area contributed by atoms with Gasteiger partial charge in [-0.2, -0.15) is 4.98 Å². The Morgan fingerprint density at radius 1 is 1.36 bits per heavy atom. The van der Waals surface area contributed by atoms with Gasteiger partial charge in [0.05, 0.1) is 17.9 Å². The summed E-state index contributed by atoms with van der Waals surface area (Å²) in [6.07, 6.45) is 5.53. The molecule has 7 nitrogen and oxygen atoms in total. The first kappa shape index (κ1) is 13.3. The third-order valence-electron chi connectivity index (χ3n) is 3.94. The van der Waals surface area contributed by atoms with Crippen molar-refractivity contribution in [1.82, 2.24) is 15.0 Å². The fraction of sp³-hybridized carbons (Fsp3) is 0.286. The van der Waals surface area contributed by atoms with Gasteiger partial charge in [0.1, 0.15) is 0 Å². The van der Waals surface area contributed by atoms with Crippen LogP contribution in [-0.2, 0) is 0 Å². The molecule has 0 aromatic carbocycles. The first-order valence-electron chi connectivity index (χ1n) is 7.01. The highest BCUT2D eigenvalue weighted by atomic mass is 35.5. The van der Waals surface area contributed by atoms with Crippen molar-refractivity contribution < 1.29 is 16.4 Å². The summed E-state index contributed by atoms with van der Waals surface area (Å²) in [5.74, 6) is 1.05. The maximum Gasteiger partial charge on any atom is 0.329 e. The molecule has 2 aromatic rings. The second kappa shape index (κ2) is 5.10. The normalized spacial score (nSPS) is 19.0. The van der Waals surface area contributed by atoms with E-state index >= 15 is 0 Å². The fourth-order valence-corrected chi connectivity index (χ4v) is 3.14. The molecular formula is C14H14ClN6O+. The van der Waals surface area contributed by atoms with Gasteiger partial charge in [-0.25, -0.2) is 9.78 Å². The molecule has 2 amide bonds. The van der Waals surface area contributed by atoms with Crippen LogP contribution in [0.4, 0.5) is 22.1 Å². The van der Waals surface area contributed by atoms with Gasteiger partial charge in [0.25, 0.3) is 0 Å². The van der Waals surface area contributed by atoms with Crippen molar-refractivity contribution in [2.45, 2.75) is 12.5 Å². The van der Waals surface area contributed by atoms with Crippen molar-refractivity contribution in [2.24, 2.45) is 0 Å². The summed E-state index contributed by atoms with van der Waals surface area (Å²) in [5, 5.41) is 3.26. The van der Waals surface area contributed by atoms with Gasteiger partial charge >= 0.3 is 11.2 Å². The number of amides is 2. The van der Waals surface area contributed by atoms with E-state index in [9.17, 15) is 4.79 Å². The van der Waals surface area contributed by atoms with Crippen LogP contribution in [0.2, 0.25) is 5.15 Å². The summed E-state index contributed by atoms with van der Waals surface area (Å²) in [6.45, 7) is 1.74. The van der Waals surface area contributed by atoms with E-state index in [0.29, 0.717) is 16.8 Å². The number of aromatic nitrogens is 3. The minimum atomic E-state index is -0.249. The number of fused-ring (bicyclic) bond motifs is 4. The number of urea groups is 1. The van der Waals surface area contributed by atoms with Crippen LogP contribution in [0, 0.1) is 11.6 Å². The average Bonchev–Trinajstić information content (AvgIpc) is 2.93.